The van der Waals surface area contributed by atoms with E-state index < -0.39 is 30.6 Å². The average Bonchev–Trinajstić information content (AvgIpc) is 2.23. The molecule has 3 N–H and O–H groups in total. The average molecular weight is 248 g/mol. The molecule has 1 heterocycles. The van der Waals surface area contributed by atoms with Crippen LogP contribution < -0.4 is 0 Å². The highest BCUT2D eigenvalue weighted by Gasteiger charge is 2.35. The molecule has 1 rings (SSSR count). The van der Waals surface area contributed by atoms with Crippen molar-refractivity contribution in [1.82, 2.24) is 0 Å². The first kappa shape index (κ1) is 14.4. The molecule has 0 bridgehead atoms. The maximum Gasteiger partial charge on any atom is 0.303 e. The van der Waals surface area contributed by atoms with Gasteiger partial charge in [-0.15, -0.1) is 0 Å². The van der Waals surface area contributed by atoms with Crippen LogP contribution >= 0.6 is 0 Å². The summed E-state index contributed by atoms with van der Waals surface area (Å²) in [6.07, 6.45) is -2.49. The second-order valence-corrected chi connectivity index (χ2v) is 4.46. The molecule has 0 aliphatic carbocycles. The monoisotopic (exact) mass is 248 g/mol. The Morgan fingerprint density at radius 1 is 1.47 bits per heavy atom. The molecule has 0 amide bonds. The third kappa shape index (κ3) is 4.59. The van der Waals surface area contributed by atoms with Crippen molar-refractivity contribution in [2.75, 3.05) is 0 Å². The molecule has 1 saturated heterocycles. The second-order valence-electron chi connectivity index (χ2n) is 4.46. The van der Waals surface area contributed by atoms with Gasteiger partial charge in [0.05, 0.1) is 18.3 Å². The zero-order valence-electron chi connectivity index (χ0n) is 10.1. The van der Waals surface area contributed by atoms with Gasteiger partial charge in [-0.3, -0.25) is 4.79 Å². The largest absolute Gasteiger partial charge is 0.481 e. The van der Waals surface area contributed by atoms with Crippen LogP contribution in [0.4, 0.5) is 0 Å². The van der Waals surface area contributed by atoms with Crippen molar-refractivity contribution >= 4 is 5.97 Å². The molecule has 0 aromatic carbocycles. The smallest absolute Gasteiger partial charge is 0.303 e. The van der Waals surface area contributed by atoms with Gasteiger partial charge < -0.3 is 24.8 Å². The van der Waals surface area contributed by atoms with Crippen molar-refractivity contribution in [3.63, 3.8) is 0 Å². The predicted molar refractivity (Wildman–Crippen MR) is 58.4 cm³/mol. The minimum Gasteiger partial charge on any atom is -0.481 e. The van der Waals surface area contributed by atoms with Crippen LogP contribution in [0.25, 0.3) is 0 Å². The van der Waals surface area contributed by atoms with E-state index in [1.54, 1.807) is 13.8 Å². The summed E-state index contributed by atoms with van der Waals surface area (Å²) in [5.74, 6) is -0.880. The fourth-order valence-electron chi connectivity index (χ4n) is 1.69. The van der Waals surface area contributed by atoms with Crippen LogP contribution in [0.15, 0.2) is 0 Å². The van der Waals surface area contributed by atoms with Gasteiger partial charge in [-0.1, -0.05) is 0 Å². The highest BCUT2D eigenvalue weighted by atomic mass is 16.7. The Kier molecular flexibility index (Phi) is 5.32. The zero-order valence-corrected chi connectivity index (χ0v) is 10.1. The summed E-state index contributed by atoms with van der Waals surface area (Å²) in [6, 6.07) is 0. The lowest BCUT2D eigenvalue weighted by atomic mass is 10.0. The summed E-state index contributed by atoms with van der Waals surface area (Å²) in [4.78, 5) is 10.4. The highest BCUT2D eigenvalue weighted by Crippen LogP contribution is 2.22. The SMILES string of the molecule is C[C@H](CCC(=O)O)O[C@@H]1O[C@@H](C)[C@H](O)C[C@@H]1O. The summed E-state index contributed by atoms with van der Waals surface area (Å²) in [5.41, 5.74) is 0. The van der Waals surface area contributed by atoms with E-state index >= 15 is 0 Å². The van der Waals surface area contributed by atoms with E-state index in [1.165, 1.54) is 0 Å². The molecule has 0 aromatic heterocycles. The standard InChI is InChI=1S/C11H20O6/c1-6(3-4-10(14)15)16-11-9(13)5-8(12)7(2)17-11/h6-9,11-13H,3-5H2,1-2H3,(H,14,15)/t6-,7+,8-,9+,11-/m1/s1. The maximum atomic E-state index is 10.4. The van der Waals surface area contributed by atoms with E-state index in [1.807, 2.05) is 0 Å². The molecule has 1 aliphatic heterocycles. The van der Waals surface area contributed by atoms with Gasteiger partial charge in [-0.25, -0.2) is 0 Å². The van der Waals surface area contributed by atoms with Crippen molar-refractivity contribution in [3.8, 4) is 0 Å². The number of carboxylic acids is 1. The normalized spacial score (nSPS) is 35.5. The van der Waals surface area contributed by atoms with Crippen LogP contribution in [0.3, 0.4) is 0 Å². The lowest BCUT2D eigenvalue weighted by Crippen LogP contribution is -2.48. The summed E-state index contributed by atoms with van der Waals surface area (Å²) in [6.45, 7) is 3.43. The van der Waals surface area contributed by atoms with Crippen LogP contribution in [-0.2, 0) is 14.3 Å². The van der Waals surface area contributed by atoms with Crippen LogP contribution in [0.1, 0.15) is 33.1 Å². The number of ether oxygens (including phenoxy) is 2. The van der Waals surface area contributed by atoms with Crippen molar-refractivity contribution in [3.05, 3.63) is 0 Å². The first-order chi connectivity index (χ1) is 7.90. The molecule has 6 nitrogen and oxygen atoms in total. The molecule has 6 heteroatoms. The van der Waals surface area contributed by atoms with Crippen molar-refractivity contribution in [2.24, 2.45) is 0 Å². The summed E-state index contributed by atoms with van der Waals surface area (Å²) in [7, 11) is 0. The minimum absolute atomic E-state index is 0.0160. The molecule has 1 fully saturated rings. The quantitative estimate of drug-likeness (QED) is 0.639. The van der Waals surface area contributed by atoms with Gasteiger partial charge in [-0.2, -0.15) is 0 Å². The fraction of sp³-hybridized carbons (Fsp3) is 0.909. The number of carbonyl (C=O) groups is 1. The van der Waals surface area contributed by atoms with Crippen molar-refractivity contribution in [1.29, 1.82) is 0 Å². The number of aliphatic carboxylic acids is 1. The van der Waals surface area contributed by atoms with E-state index in [-0.39, 0.29) is 18.9 Å². The van der Waals surface area contributed by atoms with Gasteiger partial charge in [0.15, 0.2) is 6.29 Å². The predicted octanol–water partition coefficient (Wildman–Crippen LogP) is 0.113. The molecule has 0 radical (unpaired) electrons. The molecule has 100 valence electrons. The number of rotatable bonds is 5. The maximum absolute atomic E-state index is 10.4. The molecule has 1 aliphatic rings. The summed E-state index contributed by atoms with van der Waals surface area (Å²) in [5, 5.41) is 27.6. The molecular weight excluding hydrogens is 228 g/mol. The zero-order chi connectivity index (χ0) is 13.0. The highest BCUT2D eigenvalue weighted by molar-refractivity contribution is 5.66. The van der Waals surface area contributed by atoms with Crippen LogP contribution in [0, 0.1) is 0 Å². The topological polar surface area (TPSA) is 96.2 Å². The Labute approximate surface area is 100 Å². The van der Waals surface area contributed by atoms with Gasteiger partial charge in [0, 0.05) is 12.8 Å². The lowest BCUT2D eigenvalue weighted by molar-refractivity contribution is -0.273. The first-order valence-corrected chi connectivity index (χ1v) is 5.79. The number of carboxylic acid groups (broad SMARTS) is 1. The Hall–Kier alpha value is -0.690. The lowest BCUT2D eigenvalue weighted by Gasteiger charge is -2.36. The van der Waals surface area contributed by atoms with Crippen LogP contribution in [-0.4, -0.2) is 52.0 Å². The van der Waals surface area contributed by atoms with Gasteiger partial charge in [0.25, 0.3) is 0 Å². The molecule has 0 saturated carbocycles. The molecule has 5 atom stereocenters. The minimum atomic E-state index is -0.881. The molecule has 17 heavy (non-hydrogen) atoms. The third-order valence-electron chi connectivity index (χ3n) is 2.82. The van der Waals surface area contributed by atoms with E-state index in [9.17, 15) is 15.0 Å². The summed E-state index contributed by atoms with van der Waals surface area (Å²) >= 11 is 0. The van der Waals surface area contributed by atoms with Gasteiger partial charge >= 0.3 is 5.97 Å². The Balaban J connectivity index is 2.37. The molecule has 0 unspecified atom stereocenters. The Bertz CT molecular complexity index is 256. The van der Waals surface area contributed by atoms with E-state index in [2.05, 4.69) is 0 Å². The number of aliphatic hydroxyl groups is 2. The van der Waals surface area contributed by atoms with Gasteiger partial charge in [-0.05, 0) is 20.3 Å². The molecular formula is C11H20O6. The summed E-state index contributed by atoms with van der Waals surface area (Å²) < 4.78 is 10.7. The van der Waals surface area contributed by atoms with Crippen LogP contribution in [0.5, 0.6) is 0 Å². The van der Waals surface area contributed by atoms with Gasteiger partial charge in [0.1, 0.15) is 6.10 Å². The third-order valence-corrected chi connectivity index (χ3v) is 2.82. The number of hydrogen-bond donors (Lipinski definition) is 3. The van der Waals surface area contributed by atoms with Crippen molar-refractivity contribution in [2.45, 2.75) is 63.8 Å². The van der Waals surface area contributed by atoms with Gasteiger partial charge in [0.2, 0.25) is 0 Å². The van der Waals surface area contributed by atoms with E-state index in [4.69, 9.17) is 14.6 Å². The number of hydrogen-bond acceptors (Lipinski definition) is 5. The fourth-order valence-corrected chi connectivity index (χ4v) is 1.69. The van der Waals surface area contributed by atoms with E-state index in [0.29, 0.717) is 6.42 Å². The molecule has 0 spiro atoms. The van der Waals surface area contributed by atoms with Crippen molar-refractivity contribution < 1.29 is 29.6 Å². The Morgan fingerprint density at radius 3 is 2.71 bits per heavy atom. The molecule has 0 aromatic rings. The second kappa shape index (κ2) is 6.30. The van der Waals surface area contributed by atoms with E-state index in [0.717, 1.165) is 0 Å². The van der Waals surface area contributed by atoms with Crippen LogP contribution in [0.2, 0.25) is 0 Å². The Morgan fingerprint density at radius 2 is 2.12 bits per heavy atom. The first-order valence-electron chi connectivity index (χ1n) is 5.79. The number of aliphatic hydroxyl groups excluding tert-OH is 2.